The maximum Gasteiger partial charge on any atom is 0.309 e. The minimum Gasteiger partial charge on any atom is -0.490 e. The summed E-state index contributed by atoms with van der Waals surface area (Å²) in [7, 11) is 1.42. The molecule has 5 rings (SSSR count). The fraction of sp³-hybridized carbons (Fsp3) is 0.242. The van der Waals surface area contributed by atoms with Gasteiger partial charge in [-0.2, -0.15) is 0 Å². The molecule has 1 aliphatic rings. The van der Waals surface area contributed by atoms with Crippen LogP contribution in [0.2, 0.25) is 10.0 Å². The number of carbonyl (C=O) groups excluding carboxylic acids is 1. The lowest BCUT2D eigenvalue weighted by molar-refractivity contribution is -0.139. The molecule has 0 saturated carbocycles. The normalized spacial score (nSPS) is 13.8. The van der Waals surface area contributed by atoms with E-state index in [9.17, 15) is 4.79 Å². The van der Waals surface area contributed by atoms with Crippen molar-refractivity contribution in [3.05, 3.63) is 111 Å². The lowest BCUT2D eigenvalue weighted by atomic mass is 9.91. The predicted octanol–water partition coefficient (Wildman–Crippen LogP) is 7.89. The highest BCUT2D eigenvalue weighted by atomic mass is 35.5. The topological polar surface area (TPSA) is 56.8 Å². The van der Waals surface area contributed by atoms with Crippen LogP contribution in [0.1, 0.15) is 28.2 Å². The summed E-state index contributed by atoms with van der Waals surface area (Å²) in [6.07, 6.45) is 1.17. The van der Waals surface area contributed by atoms with E-state index in [4.69, 9.17) is 37.4 Å². The Labute approximate surface area is 245 Å². The molecule has 0 fully saturated rings. The lowest BCUT2D eigenvalue weighted by Crippen LogP contribution is -2.09. The number of hydrogen-bond donors (Lipinski definition) is 1. The first-order valence-corrected chi connectivity index (χ1v) is 14.0. The highest BCUT2D eigenvalue weighted by Crippen LogP contribution is 2.38. The van der Waals surface area contributed by atoms with E-state index in [0.717, 1.165) is 46.7 Å². The van der Waals surface area contributed by atoms with Crippen LogP contribution in [0, 0.1) is 6.92 Å². The second-order valence-electron chi connectivity index (χ2n) is 9.89. The van der Waals surface area contributed by atoms with Gasteiger partial charge in [0.2, 0.25) is 0 Å². The molecule has 1 atom stereocenters. The molecule has 0 saturated heterocycles. The van der Waals surface area contributed by atoms with Crippen molar-refractivity contribution in [1.29, 1.82) is 0 Å². The van der Waals surface area contributed by atoms with Gasteiger partial charge in [-0.3, -0.25) is 4.79 Å². The first kappa shape index (κ1) is 27.9. The Hall–Kier alpha value is -3.67. The Kier molecular flexibility index (Phi) is 8.83. The van der Waals surface area contributed by atoms with E-state index in [0.29, 0.717) is 34.9 Å². The Morgan fingerprint density at radius 1 is 0.925 bits per heavy atom. The Balaban J connectivity index is 1.17. The van der Waals surface area contributed by atoms with Crippen LogP contribution >= 0.6 is 23.2 Å². The van der Waals surface area contributed by atoms with E-state index in [-0.39, 0.29) is 12.4 Å². The highest BCUT2D eigenvalue weighted by molar-refractivity contribution is 6.37. The molecule has 1 unspecified atom stereocenters. The summed E-state index contributed by atoms with van der Waals surface area (Å²) in [6, 6.07) is 26.4. The summed E-state index contributed by atoms with van der Waals surface area (Å²) in [5, 5.41) is 4.57. The fourth-order valence-electron chi connectivity index (χ4n) is 5.08. The molecule has 206 valence electrons. The summed E-state index contributed by atoms with van der Waals surface area (Å²) in [4.78, 5) is 11.9. The number of esters is 1. The Bertz CT molecular complexity index is 1480. The first-order chi connectivity index (χ1) is 19.4. The maximum atomic E-state index is 11.9. The van der Waals surface area contributed by atoms with Crippen LogP contribution in [0.25, 0.3) is 11.1 Å². The molecule has 7 heteroatoms. The van der Waals surface area contributed by atoms with Gasteiger partial charge in [-0.15, -0.1) is 0 Å². The number of aryl methyl sites for hydroxylation is 1. The monoisotopic (exact) mass is 575 g/mol. The van der Waals surface area contributed by atoms with Crippen LogP contribution in [-0.4, -0.2) is 32.8 Å². The molecule has 1 aliphatic heterocycles. The first-order valence-electron chi connectivity index (χ1n) is 13.2. The SMILES string of the molecule is COC(=O)Cc1ccccc1-c1ccc2c(c1)NCC2Cc1ccc(OCCOc2c(Cl)cc(C)cc2Cl)cc1. The van der Waals surface area contributed by atoms with E-state index in [2.05, 4.69) is 41.7 Å². The Morgan fingerprint density at radius 3 is 2.40 bits per heavy atom. The van der Waals surface area contributed by atoms with E-state index >= 15 is 0 Å². The Morgan fingerprint density at radius 2 is 1.65 bits per heavy atom. The van der Waals surface area contributed by atoms with Crippen molar-refractivity contribution in [2.45, 2.75) is 25.7 Å². The number of hydrogen-bond acceptors (Lipinski definition) is 5. The number of nitrogens with one attached hydrogen (secondary N) is 1. The standard InChI is InChI=1S/C33H31Cl2NO4/c1-21-15-29(34)33(30(35)16-21)40-14-13-39-26-10-7-22(8-11-26)17-25-20-36-31-18-24(9-12-28(25)31)27-6-4-3-5-23(27)19-32(37)38-2/h3-12,15-16,18,25,36H,13-14,17,19-20H2,1-2H3. The smallest absolute Gasteiger partial charge is 0.309 e. The molecule has 5 nitrogen and oxygen atoms in total. The van der Waals surface area contributed by atoms with Gasteiger partial charge in [-0.1, -0.05) is 71.7 Å². The second-order valence-corrected chi connectivity index (χ2v) is 10.7. The van der Waals surface area contributed by atoms with E-state index in [1.165, 1.54) is 18.2 Å². The zero-order chi connectivity index (χ0) is 28.1. The van der Waals surface area contributed by atoms with Gasteiger partial charge in [0, 0.05) is 18.2 Å². The van der Waals surface area contributed by atoms with Crippen LogP contribution in [0.3, 0.4) is 0 Å². The van der Waals surface area contributed by atoms with Crippen LogP contribution in [0.15, 0.2) is 78.9 Å². The number of benzene rings is 4. The minimum atomic E-state index is -0.242. The van der Waals surface area contributed by atoms with Gasteiger partial charge in [0.15, 0.2) is 5.75 Å². The van der Waals surface area contributed by atoms with Crippen molar-refractivity contribution < 1.29 is 19.0 Å². The maximum absolute atomic E-state index is 11.9. The van der Waals surface area contributed by atoms with Crippen molar-refractivity contribution in [3.63, 3.8) is 0 Å². The number of methoxy groups -OCH3 is 1. The van der Waals surface area contributed by atoms with Crippen molar-refractivity contribution in [2.24, 2.45) is 0 Å². The van der Waals surface area contributed by atoms with Crippen molar-refractivity contribution in [2.75, 3.05) is 32.2 Å². The van der Waals surface area contributed by atoms with Gasteiger partial charge < -0.3 is 19.5 Å². The quantitative estimate of drug-likeness (QED) is 0.154. The third kappa shape index (κ3) is 6.55. The molecular weight excluding hydrogens is 545 g/mol. The van der Waals surface area contributed by atoms with Crippen molar-refractivity contribution >= 4 is 34.9 Å². The number of rotatable bonds is 10. The predicted molar refractivity (Wildman–Crippen MR) is 161 cm³/mol. The average Bonchev–Trinajstić information content (AvgIpc) is 3.35. The third-order valence-electron chi connectivity index (χ3n) is 7.07. The molecule has 40 heavy (non-hydrogen) atoms. The van der Waals surface area contributed by atoms with Gasteiger partial charge in [-0.25, -0.2) is 0 Å². The zero-order valence-electron chi connectivity index (χ0n) is 22.5. The van der Waals surface area contributed by atoms with Crippen molar-refractivity contribution in [1.82, 2.24) is 0 Å². The summed E-state index contributed by atoms with van der Waals surface area (Å²) in [5.41, 5.74) is 7.77. The zero-order valence-corrected chi connectivity index (χ0v) is 24.0. The van der Waals surface area contributed by atoms with Crippen molar-refractivity contribution in [3.8, 4) is 22.6 Å². The molecule has 0 bridgehead atoms. The highest BCUT2D eigenvalue weighted by Gasteiger charge is 2.23. The molecule has 0 aromatic heterocycles. The summed E-state index contributed by atoms with van der Waals surface area (Å²) in [5.74, 6) is 1.40. The van der Waals surface area contributed by atoms with Gasteiger partial charge in [0.1, 0.15) is 19.0 Å². The number of ether oxygens (including phenoxy) is 3. The van der Waals surface area contributed by atoms with Gasteiger partial charge in [-0.05, 0) is 77.1 Å². The summed E-state index contributed by atoms with van der Waals surface area (Å²) >= 11 is 12.5. The number of carbonyl (C=O) groups is 1. The van der Waals surface area contributed by atoms with E-state index in [1.807, 2.05) is 49.4 Å². The molecule has 0 radical (unpaired) electrons. The van der Waals surface area contributed by atoms with Crippen LogP contribution < -0.4 is 14.8 Å². The number of halogens is 2. The van der Waals surface area contributed by atoms with E-state index in [1.54, 1.807) is 0 Å². The van der Waals surface area contributed by atoms with Gasteiger partial charge >= 0.3 is 5.97 Å². The molecule has 4 aromatic rings. The largest absolute Gasteiger partial charge is 0.490 e. The fourth-order valence-corrected chi connectivity index (χ4v) is 5.78. The van der Waals surface area contributed by atoms with Gasteiger partial charge in [0.25, 0.3) is 0 Å². The van der Waals surface area contributed by atoms with Crippen LogP contribution in [0.5, 0.6) is 11.5 Å². The molecular formula is C33H31Cl2NO4. The number of fused-ring (bicyclic) bond motifs is 1. The molecule has 0 spiro atoms. The molecule has 1 heterocycles. The molecule has 4 aromatic carbocycles. The molecule has 1 N–H and O–H groups in total. The number of anilines is 1. The lowest BCUT2D eigenvalue weighted by Gasteiger charge is -2.14. The van der Waals surface area contributed by atoms with Crippen LogP contribution in [-0.2, 0) is 22.4 Å². The van der Waals surface area contributed by atoms with Crippen LogP contribution in [0.4, 0.5) is 5.69 Å². The summed E-state index contributed by atoms with van der Waals surface area (Å²) < 4.78 is 16.5. The third-order valence-corrected chi connectivity index (χ3v) is 7.63. The van der Waals surface area contributed by atoms with Gasteiger partial charge in [0.05, 0.1) is 23.6 Å². The van der Waals surface area contributed by atoms with E-state index < -0.39 is 0 Å². The summed E-state index contributed by atoms with van der Waals surface area (Å²) in [6.45, 7) is 3.53. The average molecular weight is 577 g/mol. The molecule has 0 aliphatic carbocycles. The second kappa shape index (κ2) is 12.7. The molecule has 0 amide bonds. The minimum absolute atomic E-state index is 0.242.